The molecule has 108 valence electrons. The van der Waals surface area contributed by atoms with Crippen molar-refractivity contribution in [2.24, 2.45) is 0 Å². The van der Waals surface area contributed by atoms with Crippen molar-refractivity contribution in [3.8, 4) is 17.1 Å². The van der Waals surface area contributed by atoms with Crippen molar-refractivity contribution in [3.05, 3.63) is 18.2 Å². The predicted octanol–water partition coefficient (Wildman–Crippen LogP) is 2.51. The van der Waals surface area contributed by atoms with E-state index in [0.29, 0.717) is 23.9 Å². The Hall–Kier alpha value is -2.11. The summed E-state index contributed by atoms with van der Waals surface area (Å²) in [4.78, 5) is 0. The van der Waals surface area contributed by atoms with Crippen LogP contribution in [-0.4, -0.2) is 26.8 Å². The molecule has 0 aliphatic rings. The van der Waals surface area contributed by atoms with Gasteiger partial charge in [-0.15, -0.1) is 5.10 Å². The van der Waals surface area contributed by atoms with Crippen molar-refractivity contribution in [3.63, 3.8) is 0 Å². The number of anilines is 1. The van der Waals surface area contributed by atoms with Crippen LogP contribution in [0.4, 0.5) is 5.69 Å². The van der Waals surface area contributed by atoms with Gasteiger partial charge in [0.1, 0.15) is 0 Å². The first-order chi connectivity index (χ1) is 9.77. The fraction of sp³-hybridized carbons (Fsp3) is 0.500. The number of hydrogen-bond acceptors (Lipinski definition) is 5. The van der Waals surface area contributed by atoms with Gasteiger partial charge in [0.15, 0.2) is 11.6 Å². The van der Waals surface area contributed by atoms with E-state index in [2.05, 4.69) is 22.4 Å². The Labute approximate surface area is 118 Å². The van der Waals surface area contributed by atoms with Gasteiger partial charge in [-0.25, -0.2) is 4.68 Å². The number of nitrogen functional groups attached to an aromatic ring is 1. The van der Waals surface area contributed by atoms with Gasteiger partial charge in [0.2, 0.25) is 0 Å². The van der Waals surface area contributed by atoms with Crippen LogP contribution in [0.1, 0.15) is 33.1 Å². The Morgan fingerprint density at radius 3 is 2.85 bits per heavy atom. The number of rotatable bonds is 7. The second kappa shape index (κ2) is 6.88. The lowest BCUT2D eigenvalue weighted by molar-refractivity contribution is 0.343. The molecule has 0 amide bonds. The van der Waals surface area contributed by atoms with Crippen LogP contribution in [0, 0.1) is 0 Å². The lowest BCUT2D eigenvalue weighted by Crippen LogP contribution is -2.05. The number of unbranched alkanes of at least 4 members (excludes halogenated alkanes) is 2. The van der Waals surface area contributed by atoms with Crippen molar-refractivity contribution >= 4 is 5.69 Å². The third kappa shape index (κ3) is 3.07. The van der Waals surface area contributed by atoms with E-state index in [-0.39, 0.29) is 0 Å². The third-order valence-electron chi connectivity index (χ3n) is 3.08. The SMILES string of the molecule is CCCCCn1nnnc1-c1cccc(N)c1OCC. The van der Waals surface area contributed by atoms with E-state index >= 15 is 0 Å². The molecule has 1 aromatic heterocycles. The molecule has 1 heterocycles. The molecule has 0 atom stereocenters. The van der Waals surface area contributed by atoms with Crippen molar-refractivity contribution in [1.82, 2.24) is 20.2 Å². The molecule has 6 heteroatoms. The van der Waals surface area contributed by atoms with E-state index in [4.69, 9.17) is 10.5 Å². The summed E-state index contributed by atoms with van der Waals surface area (Å²) in [5.74, 6) is 1.36. The molecule has 0 aliphatic heterocycles. The predicted molar refractivity (Wildman–Crippen MR) is 78.4 cm³/mol. The Balaban J connectivity index is 2.32. The summed E-state index contributed by atoms with van der Waals surface area (Å²) in [5, 5.41) is 11.9. The number of benzene rings is 1. The van der Waals surface area contributed by atoms with Gasteiger partial charge in [0, 0.05) is 6.54 Å². The highest BCUT2D eigenvalue weighted by molar-refractivity contribution is 5.73. The van der Waals surface area contributed by atoms with Crippen molar-refractivity contribution < 1.29 is 4.74 Å². The zero-order valence-electron chi connectivity index (χ0n) is 12.0. The monoisotopic (exact) mass is 275 g/mol. The number of nitrogens with zero attached hydrogens (tertiary/aromatic N) is 4. The molecule has 2 aromatic rings. The second-order valence-corrected chi connectivity index (χ2v) is 4.59. The molecular weight excluding hydrogens is 254 g/mol. The van der Waals surface area contributed by atoms with Crippen molar-refractivity contribution in [1.29, 1.82) is 0 Å². The Kier molecular flexibility index (Phi) is 4.92. The highest BCUT2D eigenvalue weighted by Crippen LogP contribution is 2.33. The third-order valence-corrected chi connectivity index (χ3v) is 3.08. The van der Waals surface area contributed by atoms with E-state index in [1.54, 1.807) is 0 Å². The number of tetrazole rings is 1. The number of ether oxygens (including phenoxy) is 1. The summed E-state index contributed by atoms with van der Waals surface area (Å²) >= 11 is 0. The standard InChI is InChI=1S/C14H21N5O/c1-3-5-6-10-19-14(16-17-18-19)11-8-7-9-12(15)13(11)20-4-2/h7-9H,3-6,10,15H2,1-2H3. The molecule has 0 radical (unpaired) electrons. The van der Waals surface area contributed by atoms with Gasteiger partial charge in [-0.3, -0.25) is 0 Å². The summed E-state index contributed by atoms with van der Waals surface area (Å²) in [6, 6.07) is 5.64. The maximum absolute atomic E-state index is 5.98. The number of aryl methyl sites for hydroxylation is 1. The van der Waals surface area contributed by atoms with Crippen molar-refractivity contribution in [2.45, 2.75) is 39.7 Å². The zero-order chi connectivity index (χ0) is 14.4. The van der Waals surface area contributed by atoms with Gasteiger partial charge in [0.05, 0.1) is 17.9 Å². The number of para-hydroxylation sites is 1. The quantitative estimate of drug-likeness (QED) is 0.620. The summed E-state index contributed by atoms with van der Waals surface area (Å²) in [6.45, 7) is 5.46. The summed E-state index contributed by atoms with van der Waals surface area (Å²) in [5.41, 5.74) is 7.43. The second-order valence-electron chi connectivity index (χ2n) is 4.59. The van der Waals surface area contributed by atoms with Crippen molar-refractivity contribution in [2.75, 3.05) is 12.3 Å². The molecule has 1 aromatic carbocycles. The lowest BCUT2D eigenvalue weighted by atomic mass is 10.1. The first-order valence-electron chi connectivity index (χ1n) is 7.05. The van der Waals surface area contributed by atoms with Gasteiger partial charge in [-0.2, -0.15) is 0 Å². The average Bonchev–Trinajstić information content (AvgIpc) is 2.90. The fourth-order valence-corrected chi connectivity index (χ4v) is 2.10. The fourth-order valence-electron chi connectivity index (χ4n) is 2.10. The zero-order valence-corrected chi connectivity index (χ0v) is 12.0. The largest absolute Gasteiger partial charge is 0.491 e. The van der Waals surface area contributed by atoms with Crippen LogP contribution in [-0.2, 0) is 6.54 Å². The van der Waals surface area contributed by atoms with Crippen LogP contribution in [0.15, 0.2) is 18.2 Å². The molecule has 0 saturated heterocycles. The number of aromatic nitrogens is 4. The minimum absolute atomic E-state index is 0.554. The van der Waals surface area contributed by atoms with Gasteiger partial charge < -0.3 is 10.5 Å². The molecule has 0 saturated carbocycles. The summed E-state index contributed by atoms with van der Waals surface area (Å²) < 4.78 is 7.45. The Morgan fingerprint density at radius 2 is 2.10 bits per heavy atom. The average molecular weight is 275 g/mol. The summed E-state index contributed by atoms with van der Waals surface area (Å²) in [6.07, 6.45) is 3.38. The molecule has 20 heavy (non-hydrogen) atoms. The smallest absolute Gasteiger partial charge is 0.185 e. The van der Waals surface area contributed by atoms with E-state index in [1.807, 2.05) is 29.8 Å². The minimum atomic E-state index is 0.554. The highest BCUT2D eigenvalue weighted by Gasteiger charge is 2.15. The van der Waals surface area contributed by atoms with Gasteiger partial charge in [-0.05, 0) is 35.9 Å². The Morgan fingerprint density at radius 1 is 1.25 bits per heavy atom. The van der Waals surface area contributed by atoms with Gasteiger partial charge in [-0.1, -0.05) is 25.8 Å². The normalized spacial score (nSPS) is 10.7. The molecular formula is C14H21N5O. The van der Waals surface area contributed by atoms with Gasteiger partial charge >= 0.3 is 0 Å². The first-order valence-corrected chi connectivity index (χ1v) is 7.05. The topological polar surface area (TPSA) is 78.9 Å². The molecule has 2 rings (SSSR count). The molecule has 2 N–H and O–H groups in total. The minimum Gasteiger partial charge on any atom is -0.491 e. The maximum Gasteiger partial charge on any atom is 0.185 e. The van der Waals surface area contributed by atoms with E-state index in [0.717, 1.165) is 24.9 Å². The van der Waals surface area contributed by atoms with Crippen LogP contribution in [0.25, 0.3) is 11.4 Å². The lowest BCUT2D eigenvalue weighted by Gasteiger charge is -2.12. The molecule has 0 aliphatic carbocycles. The van der Waals surface area contributed by atoms with E-state index in [1.165, 1.54) is 6.42 Å². The maximum atomic E-state index is 5.98. The molecule has 0 unspecified atom stereocenters. The Bertz CT molecular complexity index is 552. The molecule has 6 nitrogen and oxygen atoms in total. The number of nitrogens with two attached hydrogens (primary N) is 1. The van der Waals surface area contributed by atoms with E-state index < -0.39 is 0 Å². The van der Waals surface area contributed by atoms with Crippen LogP contribution in [0.5, 0.6) is 5.75 Å². The van der Waals surface area contributed by atoms with Crippen LogP contribution < -0.4 is 10.5 Å². The molecule has 0 fully saturated rings. The summed E-state index contributed by atoms with van der Waals surface area (Å²) in [7, 11) is 0. The van der Waals surface area contributed by atoms with E-state index in [9.17, 15) is 0 Å². The first kappa shape index (κ1) is 14.3. The molecule has 0 bridgehead atoms. The van der Waals surface area contributed by atoms with Crippen LogP contribution in [0.3, 0.4) is 0 Å². The van der Waals surface area contributed by atoms with Crippen LogP contribution >= 0.6 is 0 Å². The molecule has 0 spiro atoms. The number of hydrogen-bond donors (Lipinski definition) is 1. The highest BCUT2D eigenvalue weighted by atomic mass is 16.5. The van der Waals surface area contributed by atoms with Crippen LogP contribution in [0.2, 0.25) is 0 Å². The van der Waals surface area contributed by atoms with Gasteiger partial charge in [0.25, 0.3) is 0 Å².